The molecule has 0 bridgehead atoms. The fourth-order valence-electron chi connectivity index (χ4n) is 3.02. The zero-order valence-corrected chi connectivity index (χ0v) is 15.2. The molecule has 0 saturated carbocycles. The average Bonchev–Trinajstić information content (AvgIpc) is 3.00. The highest BCUT2D eigenvalue weighted by Gasteiger charge is 2.37. The molecule has 0 radical (unpaired) electrons. The molecule has 1 fully saturated rings. The van der Waals surface area contributed by atoms with Crippen molar-refractivity contribution < 1.29 is 27.5 Å². The maximum absolute atomic E-state index is 12.3. The minimum absolute atomic E-state index is 0.0214. The maximum atomic E-state index is 12.3. The van der Waals surface area contributed by atoms with Crippen LogP contribution in [-0.2, 0) is 30.8 Å². The number of esters is 1. The zero-order chi connectivity index (χ0) is 18.7. The molecule has 140 valence electrons. The molecule has 1 atom stereocenters. The first-order chi connectivity index (χ1) is 12.4. The third-order valence-corrected chi connectivity index (χ3v) is 6.15. The van der Waals surface area contributed by atoms with E-state index in [-0.39, 0.29) is 42.6 Å². The van der Waals surface area contributed by atoms with Crippen molar-refractivity contribution in [1.29, 1.82) is 0 Å². The molecular weight excluding hydrogens is 360 g/mol. The Kier molecular flexibility index (Phi) is 5.26. The Balaban J connectivity index is 1.68. The van der Waals surface area contributed by atoms with Gasteiger partial charge in [-0.25, -0.2) is 18.2 Å². The Morgan fingerprint density at radius 3 is 2.77 bits per heavy atom. The Bertz CT molecular complexity index is 849. The third-order valence-electron chi connectivity index (χ3n) is 4.40. The largest absolute Gasteiger partial charge is 0.496 e. The summed E-state index contributed by atoms with van der Waals surface area (Å²) in [6.07, 6.45) is 0.625. The highest BCUT2D eigenvalue weighted by Crippen LogP contribution is 2.23. The second-order valence-corrected chi connectivity index (χ2v) is 8.46. The molecule has 0 spiro atoms. The standard InChI is InChI=1S/C17H20N2O6S/c1-24-15-5-3-2-4-12(15)10-25-17(21)14-6-7-16(20)19(18-14)13-8-9-26(22,23)11-13/h2-5,13H,6-11H2,1H3/t13-/m1/s1. The summed E-state index contributed by atoms with van der Waals surface area (Å²) in [4.78, 5) is 24.4. The van der Waals surface area contributed by atoms with E-state index in [9.17, 15) is 18.0 Å². The highest BCUT2D eigenvalue weighted by molar-refractivity contribution is 7.91. The van der Waals surface area contributed by atoms with Gasteiger partial charge >= 0.3 is 5.97 Å². The normalized spacial score (nSPS) is 22.0. The lowest BCUT2D eigenvalue weighted by atomic mass is 10.1. The number of methoxy groups -OCH3 is 1. The van der Waals surface area contributed by atoms with E-state index in [1.165, 1.54) is 7.11 Å². The number of sulfone groups is 1. The van der Waals surface area contributed by atoms with Gasteiger partial charge in [-0.15, -0.1) is 0 Å². The molecule has 2 heterocycles. The van der Waals surface area contributed by atoms with E-state index < -0.39 is 21.8 Å². The second kappa shape index (κ2) is 7.45. The van der Waals surface area contributed by atoms with Crippen molar-refractivity contribution in [3.8, 4) is 5.75 Å². The van der Waals surface area contributed by atoms with Gasteiger partial charge < -0.3 is 9.47 Å². The van der Waals surface area contributed by atoms with E-state index in [1.54, 1.807) is 12.1 Å². The monoisotopic (exact) mass is 380 g/mol. The van der Waals surface area contributed by atoms with E-state index in [2.05, 4.69) is 5.10 Å². The van der Waals surface area contributed by atoms with Crippen molar-refractivity contribution in [2.45, 2.75) is 31.9 Å². The number of para-hydroxylation sites is 1. The SMILES string of the molecule is COc1ccccc1COC(=O)C1=NN([C@@H]2CCS(=O)(=O)C2)C(=O)CC1. The number of rotatable bonds is 5. The van der Waals surface area contributed by atoms with Crippen LogP contribution in [0.4, 0.5) is 0 Å². The van der Waals surface area contributed by atoms with Gasteiger partial charge in [0.15, 0.2) is 9.84 Å². The number of hydrogen-bond donors (Lipinski definition) is 0. The van der Waals surface area contributed by atoms with Crippen LogP contribution in [0.25, 0.3) is 0 Å². The molecule has 2 aliphatic heterocycles. The first-order valence-electron chi connectivity index (χ1n) is 8.28. The molecule has 3 rings (SSSR count). The summed E-state index contributed by atoms with van der Waals surface area (Å²) in [5, 5.41) is 5.24. The molecule has 1 aromatic carbocycles. The predicted molar refractivity (Wildman–Crippen MR) is 93.4 cm³/mol. The Morgan fingerprint density at radius 2 is 2.08 bits per heavy atom. The summed E-state index contributed by atoms with van der Waals surface area (Å²) < 4.78 is 33.8. The van der Waals surface area contributed by atoms with Crippen LogP contribution in [0.2, 0.25) is 0 Å². The summed E-state index contributed by atoms with van der Waals surface area (Å²) in [6.45, 7) is 0.0214. The number of hydrogen-bond acceptors (Lipinski definition) is 7. The molecule has 0 N–H and O–H groups in total. The first-order valence-corrected chi connectivity index (χ1v) is 10.1. The van der Waals surface area contributed by atoms with E-state index in [0.717, 1.165) is 10.6 Å². The molecule has 0 unspecified atom stereocenters. The van der Waals surface area contributed by atoms with Gasteiger partial charge in [0.2, 0.25) is 5.91 Å². The lowest BCUT2D eigenvalue weighted by molar-refractivity contribution is -0.138. The van der Waals surface area contributed by atoms with E-state index in [0.29, 0.717) is 12.2 Å². The number of amides is 1. The first kappa shape index (κ1) is 18.4. The van der Waals surface area contributed by atoms with Gasteiger partial charge in [0.05, 0.1) is 24.7 Å². The molecule has 8 nitrogen and oxygen atoms in total. The summed E-state index contributed by atoms with van der Waals surface area (Å²) in [5.41, 5.74) is 0.846. The molecule has 0 aromatic heterocycles. The average molecular weight is 380 g/mol. The van der Waals surface area contributed by atoms with Crippen LogP contribution in [0, 0.1) is 0 Å². The van der Waals surface area contributed by atoms with Crippen molar-refractivity contribution in [2.75, 3.05) is 18.6 Å². The van der Waals surface area contributed by atoms with Crippen LogP contribution < -0.4 is 4.74 Å². The number of nitrogens with zero attached hydrogens (tertiary/aromatic N) is 2. The lowest BCUT2D eigenvalue weighted by Gasteiger charge is -2.27. The lowest BCUT2D eigenvalue weighted by Crippen LogP contribution is -2.42. The fraction of sp³-hybridized carbons (Fsp3) is 0.471. The highest BCUT2D eigenvalue weighted by atomic mass is 32.2. The van der Waals surface area contributed by atoms with Crippen LogP contribution in [0.1, 0.15) is 24.8 Å². The molecule has 1 saturated heterocycles. The van der Waals surface area contributed by atoms with Gasteiger partial charge in [-0.2, -0.15) is 5.10 Å². The van der Waals surface area contributed by atoms with Crippen molar-refractivity contribution >= 4 is 27.4 Å². The third kappa shape index (κ3) is 4.04. The number of ether oxygens (including phenoxy) is 2. The van der Waals surface area contributed by atoms with E-state index in [1.807, 2.05) is 12.1 Å². The van der Waals surface area contributed by atoms with Crippen molar-refractivity contribution in [3.05, 3.63) is 29.8 Å². The molecule has 1 aromatic rings. The molecule has 2 aliphatic rings. The molecule has 9 heteroatoms. The van der Waals surface area contributed by atoms with Gasteiger partial charge in [-0.1, -0.05) is 18.2 Å². The van der Waals surface area contributed by atoms with Gasteiger partial charge in [0, 0.05) is 18.4 Å². The van der Waals surface area contributed by atoms with E-state index >= 15 is 0 Å². The Labute approximate surface area is 151 Å². The minimum atomic E-state index is -3.15. The van der Waals surface area contributed by atoms with Gasteiger partial charge in [0.1, 0.15) is 18.1 Å². The summed E-state index contributed by atoms with van der Waals surface area (Å²) >= 11 is 0. The van der Waals surface area contributed by atoms with Crippen LogP contribution in [0.5, 0.6) is 5.75 Å². The van der Waals surface area contributed by atoms with Crippen LogP contribution >= 0.6 is 0 Å². The number of hydrazone groups is 1. The number of carbonyl (C=O) groups excluding carboxylic acids is 2. The molecule has 26 heavy (non-hydrogen) atoms. The predicted octanol–water partition coefficient (Wildman–Crippen LogP) is 0.904. The summed E-state index contributed by atoms with van der Waals surface area (Å²) in [5.74, 6) is -0.363. The molecule has 1 amide bonds. The van der Waals surface area contributed by atoms with Crippen LogP contribution in [0.15, 0.2) is 29.4 Å². The van der Waals surface area contributed by atoms with Crippen molar-refractivity contribution in [1.82, 2.24) is 5.01 Å². The smallest absolute Gasteiger partial charge is 0.354 e. The maximum Gasteiger partial charge on any atom is 0.354 e. The quantitative estimate of drug-likeness (QED) is 0.704. The van der Waals surface area contributed by atoms with Crippen LogP contribution in [-0.4, -0.2) is 55.7 Å². The Hall–Kier alpha value is -2.42. The topological polar surface area (TPSA) is 102 Å². The fourth-order valence-corrected chi connectivity index (χ4v) is 4.71. The number of benzene rings is 1. The van der Waals surface area contributed by atoms with Gasteiger partial charge in [-0.05, 0) is 12.5 Å². The van der Waals surface area contributed by atoms with Crippen molar-refractivity contribution in [2.24, 2.45) is 5.10 Å². The summed E-state index contributed by atoms with van der Waals surface area (Å²) in [6, 6.07) is 6.67. The zero-order valence-electron chi connectivity index (χ0n) is 14.4. The van der Waals surface area contributed by atoms with Gasteiger partial charge in [-0.3, -0.25) is 4.79 Å². The molecule has 0 aliphatic carbocycles. The van der Waals surface area contributed by atoms with E-state index in [4.69, 9.17) is 9.47 Å². The van der Waals surface area contributed by atoms with Crippen molar-refractivity contribution in [3.63, 3.8) is 0 Å². The second-order valence-electron chi connectivity index (χ2n) is 6.23. The van der Waals surface area contributed by atoms with Crippen LogP contribution in [0.3, 0.4) is 0 Å². The van der Waals surface area contributed by atoms with Gasteiger partial charge in [0.25, 0.3) is 0 Å². The Morgan fingerprint density at radius 1 is 1.31 bits per heavy atom. The summed E-state index contributed by atoms with van der Waals surface area (Å²) in [7, 11) is -1.62. The molecular formula is C17H20N2O6S. The number of carbonyl (C=O) groups is 2. The minimum Gasteiger partial charge on any atom is -0.496 e.